The average Bonchev–Trinajstić information content (AvgIpc) is 2.86. The number of aliphatic hydroxyl groups excluding tert-OH is 1. The standard InChI is InChI=1S/C27H46NO7P/c1-2-3-4-5-6-7-8-9-10-11-12-13-14-15-16-17-18-19-20-21-27(30)35-26(24-29)25-34-36(31,32)33-23-22-28/h3-4,6-7,9-10,12-13,15-16,26,29H,2,5,8,11,14,17-25,28H2,1H3,(H,31,32)/b4-3-,7-6-,10-9-,13-12-,16-15-/t26-/m1/s1. The molecule has 0 saturated carbocycles. The second kappa shape index (κ2) is 24.9. The van der Waals surface area contributed by atoms with Crippen LogP contribution in [0.25, 0.3) is 0 Å². The summed E-state index contributed by atoms with van der Waals surface area (Å²) in [5.41, 5.74) is 5.19. The lowest BCUT2D eigenvalue weighted by Crippen LogP contribution is -2.27. The van der Waals surface area contributed by atoms with Crippen molar-refractivity contribution in [3.63, 3.8) is 0 Å². The molecule has 8 nitrogen and oxygen atoms in total. The first-order valence-electron chi connectivity index (χ1n) is 12.8. The monoisotopic (exact) mass is 527 g/mol. The van der Waals surface area contributed by atoms with Gasteiger partial charge in [-0.15, -0.1) is 0 Å². The van der Waals surface area contributed by atoms with Crippen molar-refractivity contribution in [1.82, 2.24) is 0 Å². The molecule has 36 heavy (non-hydrogen) atoms. The number of ether oxygens (including phenoxy) is 1. The van der Waals surface area contributed by atoms with E-state index in [0.717, 1.165) is 51.4 Å². The maximum atomic E-state index is 11.9. The lowest BCUT2D eigenvalue weighted by atomic mass is 10.1. The van der Waals surface area contributed by atoms with E-state index >= 15 is 0 Å². The number of phosphoric ester groups is 1. The Morgan fingerprint density at radius 2 is 1.42 bits per heavy atom. The first-order chi connectivity index (χ1) is 17.4. The summed E-state index contributed by atoms with van der Waals surface area (Å²) in [6.07, 6.45) is 29.3. The Kier molecular flexibility index (Phi) is 23.6. The zero-order valence-corrected chi connectivity index (χ0v) is 22.6. The van der Waals surface area contributed by atoms with Gasteiger partial charge in [0.2, 0.25) is 0 Å². The van der Waals surface area contributed by atoms with Gasteiger partial charge in [0.25, 0.3) is 0 Å². The predicted octanol–water partition coefficient (Wildman–Crippen LogP) is 5.68. The number of hydrogen-bond acceptors (Lipinski definition) is 7. The van der Waals surface area contributed by atoms with Crippen molar-refractivity contribution in [3.05, 3.63) is 60.8 Å². The van der Waals surface area contributed by atoms with Crippen LogP contribution >= 0.6 is 7.82 Å². The third kappa shape index (κ3) is 23.9. The highest BCUT2D eigenvalue weighted by atomic mass is 31.2. The maximum Gasteiger partial charge on any atom is 0.472 e. The molecular weight excluding hydrogens is 481 g/mol. The van der Waals surface area contributed by atoms with Gasteiger partial charge in [-0.25, -0.2) is 4.57 Å². The third-order valence-corrected chi connectivity index (χ3v) is 5.69. The Bertz CT molecular complexity index is 732. The number of nitrogens with two attached hydrogens (primary N) is 1. The summed E-state index contributed by atoms with van der Waals surface area (Å²) in [5, 5.41) is 9.27. The van der Waals surface area contributed by atoms with E-state index in [9.17, 15) is 19.4 Å². The summed E-state index contributed by atoms with van der Waals surface area (Å²) in [5.74, 6) is -0.483. The molecule has 0 aromatic heterocycles. The number of phosphoric acid groups is 1. The topological polar surface area (TPSA) is 128 Å². The van der Waals surface area contributed by atoms with Gasteiger partial charge < -0.3 is 20.5 Å². The van der Waals surface area contributed by atoms with Gasteiger partial charge in [0.1, 0.15) is 6.10 Å². The van der Waals surface area contributed by atoms with E-state index in [1.807, 2.05) is 0 Å². The van der Waals surface area contributed by atoms with Crippen LogP contribution in [0.1, 0.15) is 71.1 Å². The largest absolute Gasteiger partial charge is 0.472 e. The number of hydrogen-bond donors (Lipinski definition) is 3. The number of unbranched alkanes of at least 4 members (excludes halogenated alkanes) is 3. The predicted molar refractivity (Wildman–Crippen MR) is 145 cm³/mol. The van der Waals surface area contributed by atoms with E-state index in [4.69, 9.17) is 15.0 Å². The van der Waals surface area contributed by atoms with Gasteiger partial charge in [0.05, 0.1) is 19.8 Å². The highest BCUT2D eigenvalue weighted by molar-refractivity contribution is 7.47. The Balaban J connectivity index is 3.76. The van der Waals surface area contributed by atoms with Gasteiger partial charge in [0, 0.05) is 13.0 Å². The number of allylic oxidation sites excluding steroid dienone is 10. The van der Waals surface area contributed by atoms with Gasteiger partial charge in [-0.2, -0.15) is 0 Å². The number of aliphatic hydroxyl groups is 1. The van der Waals surface area contributed by atoms with Crippen molar-refractivity contribution < 1.29 is 33.1 Å². The van der Waals surface area contributed by atoms with Crippen LogP contribution in [0.15, 0.2) is 60.8 Å². The van der Waals surface area contributed by atoms with Gasteiger partial charge >= 0.3 is 13.8 Å². The molecule has 0 saturated heterocycles. The summed E-state index contributed by atoms with van der Waals surface area (Å²) < 4.78 is 25.9. The highest BCUT2D eigenvalue weighted by Crippen LogP contribution is 2.42. The minimum Gasteiger partial charge on any atom is -0.457 e. The zero-order valence-electron chi connectivity index (χ0n) is 21.7. The summed E-state index contributed by atoms with van der Waals surface area (Å²) >= 11 is 0. The fourth-order valence-corrected chi connectivity index (χ4v) is 3.59. The Hall–Kier alpha value is -1.80. The number of carbonyl (C=O) groups is 1. The molecule has 1 unspecified atom stereocenters. The van der Waals surface area contributed by atoms with Crippen molar-refractivity contribution in [2.45, 2.75) is 77.2 Å². The van der Waals surface area contributed by atoms with Crippen molar-refractivity contribution in [3.8, 4) is 0 Å². The van der Waals surface area contributed by atoms with E-state index in [1.165, 1.54) is 0 Å². The van der Waals surface area contributed by atoms with E-state index in [-0.39, 0.29) is 19.6 Å². The SMILES string of the molecule is CC/C=C\C/C=C\C/C=C\C/C=C\C/C=C\CCCCCC(=O)O[C@H](CO)COP(=O)(O)OCCN. The van der Waals surface area contributed by atoms with E-state index in [1.54, 1.807) is 0 Å². The molecule has 0 rings (SSSR count). The van der Waals surface area contributed by atoms with Crippen molar-refractivity contribution in [1.29, 1.82) is 0 Å². The minimum atomic E-state index is -4.28. The van der Waals surface area contributed by atoms with Crippen LogP contribution in [0.4, 0.5) is 0 Å². The first-order valence-corrected chi connectivity index (χ1v) is 14.3. The highest BCUT2D eigenvalue weighted by Gasteiger charge is 2.24. The van der Waals surface area contributed by atoms with Crippen molar-refractivity contribution >= 4 is 13.8 Å². The summed E-state index contributed by atoms with van der Waals surface area (Å²) in [6.45, 7) is 1.10. The maximum absolute atomic E-state index is 11.9. The van der Waals surface area contributed by atoms with E-state index in [0.29, 0.717) is 6.42 Å². The Morgan fingerprint density at radius 3 is 1.94 bits per heavy atom. The van der Waals surface area contributed by atoms with Gasteiger partial charge in [-0.05, 0) is 51.4 Å². The number of esters is 1. The number of carbonyl (C=O) groups excluding carboxylic acids is 1. The second-order valence-corrected chi connectivity index (χ2v) is 9.44. The molecule has 9 heteroatoms. The quantitative estimate of drug-likeness (QED) is 0.0670. The number of rotatable bonds is 23. The Labute approximate surface area is 217 Å². The van der Waals surface area contributed by atoms with Crippen LogP contribution in [0, 0.1) is 0 Å². The molecule has 0 radical (unpaired) electrons. The molecule has 0 heterocycles. The van der Waals surface area contributed by atoms with Crippen LogP contribution in [0.3, 0.4) is 0 Å². The molecule has 2 atom stereocenters. The minimum absolute atomic E-state index is 0.0629. The Morgan fingerprint density at radius 1 is 0.861 bits per heavy atom. The molecule has 0 aromatic rings. The fraction of sp³-hybridized carbons (Fsp3) is 0.593. The lowest BCUT2D eigenvalue weighted by Gasteiger charge is -2.17. The van der Waals surface area contributed by atoms with Crippen LogP contribution in [0.5, 0.6) is 0 Å². The molecule has 0 amide bonds. The summed E-state index contributed by atoms with van der Waals surface area (Å²) in [7, 11) is -4.28. The molecule has 0 aliphatic rings. The molecule has 206 valence electrons. The van der Waals surface area contributed by atoms with Crippen molar-refractivity contribution in [2.75, 3.05) is 26.4 Å². The first kappa shape index (κ1) is 34.2. The van der Waals surface area contributed by atoms with E-state index < -0.39 is 33.1 Å². The normalized spacial score (nSPS) is 15.1. The molecular formula is C27H46NO7P. The average molecular weight is 528 g/mol. The molecule has 0 spiro atoms. The van der Waals surface area contributed by atoms with Gasteiger partial charge in [0.15, 0.2) is 0 Å². The van der Waals surface area contributed by atoms with Crippen LogP contribution in [-0.4, -0.2) is 48.4 Å². The molecule has 0 aliphatic heterocycles. The summed E-state index contributed by atoms with van der Waals surface area (Å²) in [4.78, 5) is 21.3. The van der Waals surface area contributed by atoms with Crippen LogP contribution in [0.2, 0.25) is 0 Å². The van der Waals surface area contributed by atoms with Crippen LogP contribution in [-0.2, 0) is 23.1 Å². The molecule has 0 aliphatic carbocycles. The summed E-state index contributed by atoms with van der Waals surface area (Å²) in [6, 6.07) is 0. The smallest absolute Gasteiger partial charge is 0.457 e. The molecule has 0 aromatic carbocycles. The van der Waals surface area contributed by atoms with Crippen molar-refractivity contribution in [2.24, 2.45) is 5.73 Å². The van der Waals surface area contributed by atoms with Gasteiger partial charge in [-0.3, -0.25) is 13.8 Å². The second-order valence-electron chi connectivity index (χ2n) is 7.99. The van der Waals surface area contributed by atoms with E-state index in [2.05, 4.69) is 72.2 Å². The third-order valence-electron chi connectivity index (χ3n) is 4.71. The fourth-order valence-electron chi connectivity index (χ4n) is 2.83. The molecule has 0 bridgehead atoms. The molecule has 4 N–H and O–H groups in total. The zero-order chi connectivity index (χ0) is 26.7. The van der Waals surface area contributed by atoms with Gasteiger partial charge in [-0.1, -0.05) is 74.1 Å². The molecule has 0 fully saturated rings. The van der Waals surface area contributed by atoms with Crippen LogP contribution < -0.4 is 5.73 Å². The lowest BCUT2D eigenvalue weighted by molar-refractivity contribution is -0.153.